The van der Waals surface area contributed by atoms with Crippen LogP contribution in [0.3, 0.4) is 0 Å². The summed E-state index contributed by atoms with van der Waals surface area (Å²) >= 11 is 9.51. The van der Waals surface area contributed by atoms with Crippen molar-refractivity contribution in [3.63, 3.8) is 0 Å². The molecular formula is C10H6ClNO2S. The van der Waals surface area contributed by atoms with Crippen molar-refractivity contribution in [1.29, 1.82) is 0 Å². The second-order valence-electron chi connectivity index (χ2n) is 3.01. The number of halogens is 1. The van der Waals surface area contributed by atoms with E-state index in [-0.39, 0.29) is 11.1 Å². The average Bonchev–Trinajstić information content (AvgIpc) is 2.17. The Morgan fingerprint density at radius 2 is 2.13 bits per heavy atom. The number of aromatic nitrogens is 1. The fourth-order valence-corrected chi connectivity index (χ4v) is 1.77. The second-order valence-corrected chi connectivity index (χ2v) is 3.83. The zero-order valence-electron chi connectivity index (χ0n) is 7.45. The standard InChI is InChI=1S/C10H6ClNO2S/c11-5-2-1-3-6-9(5)8(13)4-7(12-6)10(14)15/h1-4H,(H,12,13)(H,14,15). The van der Waals surface area contributed by atoms with Gasteiger partial charge in [-0.3, -0.25) is 9.59 Å². The monoisotopic (exact) mass is 239 g/mol. The van der Waals surface area contributed by atoms with E-state index in [1.54, 1.807) is 18.2 Å². The summed E-state index contributed by atoms with van der Waals surface area (Å²) in [5, 5.41) is 0.276. The lowest BCUT2D eigenvalue weighted by Gasteiger charge is -2.01. The molecule has 0 saturated carbocycles. The third-order valence-corrected chi connectivity index (χ3v) is 2.59. The molecule has 76 valence electrons. The highest BCUT2D eigenvalue weighted by Crippen LogP contribution is 2.18. The van der Waals surface area contributed by atoms with E-state index in [2.05, 4.69) is 17.6 Å². The Kier molecular flexibility index (Phi) is 2.54. The number of rotatable bonds is 1. The fourth-order valence-electron chi connectivity index (χ4n) is 1.38. The zero-order valence-corrected chi connectivity index (χ0v) is 9.10. The molecule has 2 rings (SSSR count). The minimum Gasteiger partial charge on any atom is -0.351 e. The van der Waals surface area contributed by atoms with E-state index < -0.39 is 5.12 Å². The SMILES string of the molecule is O=C(S)c1cc(=O)c2c(Cl)cccc2[nH]1. The van der Waals surface area contributed by atoms with Crippen molar-refractivity contribution in [2.24, 2.45) is 0 Å². The first-order valence-electron chi connectivity index (χ1n) is 4.14. The molecule has 0 fully saturated rings. The van der Waals surface area contributed by atoms with E-state index in [0.29, 0.717) is 15.9 Å². The Hall–Kier alpha value is -1.26. The first kappa shape index (κ1) is 10.3. The number of nitrogens with one attached hydrogen (secondary N) is 1. The number of hydrogen-bond acceptors (Lipinski definition) is 2. The first-order chi connectivity index (χ1) is 7.09. The molecule has 0 radical (unpaired) electrons. The maximum absolute atomic E-state index is 11.6. The van der Waals surface area contributed by atoms with Crippen molar-refractivity contribution >= 4 is 40.2 Å². The van der Waals surface area contributed by atoms with Crippen molar-refractivity contribution in [1.82, 2.24) is 4.98 Å². The summed E-state index contributed by atoms with van der Waals surface area (Å²) in [7, 11) is 0. The Labute approximate surface area is 95.5 Å². The van der Waals surface area contributed by atoms with Crippen LogP contribution in [0.4, 0.5) is 0 Å². The molecule has 1 aromatic carbocycles. The highest BCUT2D eigenvalue weighted by atomic mass is 35.5. The molecule has 0 aliphatic rings. The quantitative estimate of drug-likeness (QED) is 0.750. The lowest BCUT2D eigenvalue weighted by Crippen LogP contribution is -2.07. The molecule has 0 aliphatic heterocycles. The predicted molar refractivity (Wildman–Crippen MR) is 62.9 cm³/mol. The summed E-state index contributed by atoms with van der Waals surface area (Å²) in [6.07, 6.45) is 0. The number of thiol groups is 1. The minimum absolute atomic E-state index is 0.165. The Morgan fingerprint density at radius 1 is 1.40 bits per heavy atom. The Bertz CT molecular complexity index is 606. The van der Waals surface area contributed by atoms with Crippen molar-refractivity contribution < 1.29 is 4.79 Å². The van der Waals surface area contributed by atoms with Crippen molar-refractivity contribution in [2.75, 3.05) is 0 Å². The van der Waals surface area contributed by atoms with Crippen molar-refractivity contribution in [2.45, 2.75) is 0 Å². The largest absolute Gasteiger partial charge is 0.351 e. The number of pyridine rings is 1. The first-order valence-corrected chi connectivity index (χ1v) is 4.97. The fraction of sp³-hybridized carbons (Fsp3) is 0. The van der Waals surface area contributed by atoms with E-state index >= 15 is 0 Å². The van der Waals surface area contributed by atoms with Crippen molar-refractivity contribution in [3.05, 3.63) is 45.2 Å². The molecule has 0 spiro atoms. The van der Waals surface area contributed by atoms with Crippen LogP contribution in [0, 0.1) is 0 Å². The molecule has 0 bridgehead atoms. The topological polar surface area (TPSA) is 49.9 Å². The van der Waals surface area contributed by atoms with Gasteiger partial charge in [-0.05, 0) is 12.1 Å². The van der Waals surface area contributed by atoms with Gasteiger partial charge in [-0.1, -0.05) is 30.3 Å². The maximum Gasteiger partial charge on any atom is 0.232 e. The molecule has 0 unspecified atom stereocenters. The summed E-state index contributed by atoms with van der Waals surface area (Å²) in [6.45, 7) is 0. The summed E-state index contributed by atoms with van der Waals surface area (Å²) in [6, 6.07) is 6.21. The van der Waals surface area contributed by atoms with Crippen molar-refractivity contribution in [3.8, 4) is 0 Å². The van der Waals surface area contributed by atoms with Gasteiger partial charge < -0.3 is 4.98 Å². The van der Waals surface area contributed by atoms with Gasteiger partial charge in [0.2, 0.25) is 5.12 Å². The van der Waals surface area contributed by atoms with Gasteiger partial charge in [0.15, 0.2) is 5.43 Å². The highest BCUT2D eigenvalue weighted by molar-refractivity contribution is 7.97. The summed E-state index contributed by atoms with van der Waals surface area (Å²) in [5.41, 5.74) is 0.414. The molecule has 2 aromatic rings. The number of carbonyl (C=O) groups excluding carboxylic acids is 1. The molecule has 3 nitrogen and oxygen atoms in total. The lowest BCUT2D eigenvalue weighted by molar-refractivity contribution is 0.108. The van der Waals surface area contributed by atoms with E-state index in [1.165, 1.54) is 6.07 Å². The van der Waals surface area contributed by atoms with Crippen LogP contribution in [0.2, 0.25) is 5.02 Å². The van der Waals surface area contributed by atoms with Gasteiger partial charge in [-0.15, -0.1) is 0 Å². The average molecular weight is 240 g/mol. The van der Waals surface area contributed by atoms with E-state index in [4.69, 9.17) is 11.6 Å². The molecule has 1 heterocycles. The number of hydrogen-bond donors (Lipinski definition) is 2. The third kappa shape index (κ3) is 1.78. The van der Waals surface area contributed by atoms with Crippen LogP contribution >= 0.6 is 24.2 Å². The Morgan fingerprint density at radius 3 is 2.80 bits per heavy atom. The summed E-state index contributed by atoms with van der Waals surface area (Å²) in [4.78, 5) is 25.4. The molecule has 0 aliphatic carbocycles. The second kappa shape index (κ2) is 3.72. The summed E-state index contributed by atoms with van der Waals surface area (Å²) < 4.78 is 0. The van der Waals surface area contributed by atoms with Gasteiger partial charge in [0.1, 0.15) is 0 Å². The van der Waals surface area contributed by atoms with Crippen LogP contribution in [0.15, 0.2) is 29.1 Å². The van der Waals surface area contributed by atoms with E-state index in [9.17, 15) is 9.59 Å². The van der Waals surface area contributed by atoms with Gasteiger partial charge >= 0.3 is 0 Å². The molecular weight excluding hydrogens is 234 g/mol. The van der Waals surface area contributed by atoms with Gasteiger partial charge in [0, 0.05) is 6.07 Å². The molecule has 0 atom stereocenters. The molecule has 0 saturated heterocycles. The lowest BCUT2D eigenvalue weighted by atomic mass is 10.2. The smallest absolute Gasteiger partial charge is 0.232 e. The normalized spacial score (nSPS) is 10.5. The van der Waals surface area contributed by atoms with Crippen LogP contribution in [-0.4, -0.2) is 10.1 Å². The Balaban J connectivity index is 2.91. The van der Waals surface area contributed by atoms with Crippen LogP contribution < -0.4 is 5.43 Å². The molecule has 0 amide bonds. The number of carbonyl (C=O) groups is 1. The highest BCUT2D eigenvalue weighted by Gasteiger charge is 2.08. The van der Waals surface area contributed by atoms with E-state index in [0.717, 1.165) is 0 Å². The minimum atomic E-state index is -0.478. The molecule has 1 N–H and O–H groups in total. The number of benzene rings is 1. The molecule has 5 heteroatoms. The van der Waals surface area contributed by atoms with Crippen LogP contribution in [0.25, 0.3) is 10.9 Å². The van der Waals surface area contributed by atoms with Crippen LogP contribution in [0.1, 0.15) is 10.5 Å². The van der Waals surface area contributed by atoms with Gasteiger partial charge in [0.05, 0.1) is 21.6 Å². The van der Waals surface area contributed by atoms with E-state index in [1.807, 2.05) is 0 Å². The maximum atomic E-state index is 11.6. The van der Waals surface area contributed by atoms with Crippen LogP contribution in [-0.2, 0) is 0 Å². The molecule has 1 aromatic heterocycles. The number of aromatic amines is 1. The predicted octanol–water partition coefficient (Wildman–Crippen LogP) is 2.25. The van der Waals surface area contributed by atoms with Gasteiger partial charge in [0.25, 0.3) is 0 Å². The summed E-state index contributed by atoms with van der Waals surface area (Å²) in [5.74, 6) is 0. The third-order valence-electron chi connectivity index (χ3n) is 2.04. The van der Waals surface area contributed by atoms with Gasteiger partial charge in [-0.2, -0.15) is 0 Å². The van der Waals surface area contributed by atoms with Gasteiger partial charge in [-0.25, -0.2) is 0 Å². The number of fused-ring (bicyclic) bond motifs is 1. The molecule has 15 heavy (non-hydrogen) atoms. The van der Waals surface area contributed by atoms with Crippen LogP contribution in [0.5, 0.6) is 0 Å². The number of H-pyrrole nitrogens is 1. The zero-order chi connectivity index (χ0) is 11.0.